The van der Waals surface area contributed by atoms with Gasteiger partial charge in [0.1, 0.15) is 19.3 Å². The van der Waals surface area contributed by atoms with Crippen LogP contribution < -0.4 is 0 Å². The largest absolute Gasteiger partial charge is 0.472 e. The van der Waals surface area contributed by atoms with E-state index in [1.807, 2.05) is 0 Å². The molecule has 19 heteroatoms. The zero-order valence-corrected chi connectivity index (χ0v) is 67.2. The molecule has 0 bridgehead atoms. The van der Waals surface area contributed by atoms with E-state index >= 15 is 0 Å². The van der Waals surface area contributed by atoms with E-state index in [9.17, 15) is 43.2 Å². The van der Waals surface area contributed by atoms with Crippen molar-refractivity contribution in [1.82, 2.24) is 0 Å². The second-order valence-electron chi connectivity index (χ2n) is 26.9. The summed E-state index contributed by atoms with van der Waals surface area (Å²) in [7, 11) is -9.98. The van der Waals surface area contributed by atoms with Crippen molar-refractivity contribution in [3.63, 3.8) is 0 Å². The molecule has 0 aliphatic rings. The third-order valence-corrected chi connectivity index (χ3v) is 18.8. The Labute approximate surface area is 632 Å². The number of aliphatic hydroxyl groups is 1. The molecule has 3 N–H and O–H groups in total. The average molecular weight is 1500 g/mol. The number of carbonyl (C=O) groups excluding carboxylic acids is 4. The van der Waals surface area contributed by atoms with Gasteiger partial charge in [-0.05, 0) is 154 Å². The van der Waals surface area contributed by atoms with Gasteiger partial charge in [-0.3, -0.25) is 37.3 Å². The summed E-state index contributed by atoms with van der Waals surface area (Å²) in [6, 6.07) is 0. The Morgan fingerprint density at radius 2 is 0.500 bits per heavy atom. The molecule has 0 aromatic rings. The van der Waals surface area contributed by atoms with Gasteiger partial charge in [-0.1, -0.05) is 278 Å². The van der Waals surface area contributed by atoms with E-state index in [-0.39, 0.29) is 25.7 Å². The maximum atomic E-state index is 13.1. The van der Waals surface area contributed by atoms with Crippen molar-refractivity contribution in [2.24, 2.45) is 0 Å². The van der Waals surface area contributed by atoms with Gasteiger partial charge in [0.15, 0.2) is 12.2 Å². The molecule has 0 aliphatic heterocycles. The molecule has 0 saturated carbocycles. The molecule has 17 nitrogen and oxygen atoms in total. The summed E-state index contributed by atoms with van der Waals surface area (Å²) in [5, 5.41) is 10.6. The molecule has 104 heavy (non-hydrogen) atoms. The standard InChI is InChI=1S/C85H146O17P2/c1-5-9-13-17-21-25-29-33-37-38-39-40-44-46-50-54-58-62-66-70-83(88)96-76-81(102-85(90)72-68-64-60-56-52-48-43-36-32-28-24-20-16-12-8-4)78-100-104(93,94)98-74-79(86)73-97-103(91,92)99-77-80(101-84(89)71-67-63-59-55-51-47-42-35-31-27-23-19-15-11-7-3)75-95-82(87)69-65-61-57-53-49-45-41-34-30-26-22-18-14-10-6-2/h9-10,13-14,21-22,25-26,33-37,39-43,49,53,79-81,86H,5-8,11-12,15-20,23-24,27-32,38,44-48,50-52,54-78H2,1-4H3,(H,91,92)(H,93,94)/b13-9-,14-10-,25-21-,26-22-,37-33-,40-39-,41-34-,42-35-,43-36-,53-49-. The van der Waals surface area contributed by atoms with Crippen molar-refractivity contribution in [2.75, 3.05) is 39.6 Å². The van der Waals surface area contributed by atoms with Gasteiger partial charge < -0.3 is 33.8 Å². The fourth-order valence-electron chi connectivity index (χ4n) is 10.7. The first-order chi connectivity index (χ1) is 50.7. The van der Waals surface area contributed by atoms with Gasteiger partial charge in [0.25, 0.3) is 0 Å². The highest BCUT2D eigenvalue weighted by atomic mass is 31.2. The molecule has 0 radical (unpaired) electrons. The van der Waals surface area contributed by atoms with Gasteiger partial charge in [0, 0.05) is 25.7 Å². The van der Waals surface area contributed by atoms with Crippen molar-refractivity contribution in [3.8, 4) is 0 Å². The highest BCUT2D eigenvalue weighted by Crippen LogP contribution is 2.45. The number of phosphoric ester groups is 2. The van der Waals surface area contributed by atoms with E-state index in [4.69, 9.17) is 37.0 Å². The van der Waals surface area contributed by atoms with Crippen LogP contribution in [0.5, 0.6) is 0 Å². The van der Waals surface area contributed by atoms with Crippen molar-refractivity contribution >= 4 is 39.5 Å². The first kappa shape index (κ1) is 99.5. The van der Waals surface area contributed by atoms with Crippen LogP contribution >= 0.6 is 15.6 Å². The zero-order valence-electron chi connectivity index (χ0n) is 65.4. The summed E-state index contributed by atoms with van der Waals surface area (Å²) in [6.45, 7) is 4.59. The van der Waals surface area contributed by atoms with E-state index in [1.165, 1.54) is 77.0 Å². The van der Waals surface area contributed by atoms with Crippen LogP contribution in [0.15, 0.2) is 122 Å². The van der Waals surface area contributed by atoms with Crippen molar-refractivity contribution in [3.05, 3.63) is 122 Å². The number of hydrogen-bond donors (Lipinski definition) is 3. The van der Waals surface area contributed by atoms with Gasteiger partial charge in [-0.15, -0.1) is 0 Å². The van der Waals surface area contributed by atoms with Crippen LogP contribution in [-0.2, 0) is 65.4 Å². The lowest BCUT2D eigenvalue weighted by atomic mass is 10.1. The third kappa shape index (κ3) is 75.7. The normalized spacial score (nSPS) is 14.5. The zero-order chi connectivity index (χ0) is 76.0. The Morgan fingerprint density at radius 3 is 0.798 bits per heavy atom. The molecule has 0 aliphatic carbocycles. The van der Waals surface area contributed by atoms with E-state index in [0.717, 1.165) is 180 Å². The third-order valence-electron chi connectivity index (χ3n) is 16.9. The smallest absolute Gasteiger partial charge is 0.462 e. The lowest BCUT2D eigenvalue weighted by Gasteiger charge is -2.21. The molecule has 0 amide bonds. The summed E-state index contributed by atoms with van der Waals surface area (Å²) in [5.74, 6) is -2.25. The van der Waals surface area contributed by atoms with Gasteiger partial charge in [-0.25, -0.2) is 9.13 Å². The maximum Gasteiger partial charge on any atom is 0.472 e. The first-order valence-electron chi connectivity index (χ1n) is 40.8. The molecule has 0 aromatic heterocycles. The Bertz CT molecular complexity index is 2440. The number of unbranched alkanes of at least 4 members (excludes halogenated alkanes) is 30. The summed E-state index contributed by atoms with van der Waals surface area (Å²) >= 11 is 0. The summed E-state index contributed by atoms with van der Waals surface area (Å²) in [6.07, 6.45) is 84.6. The van der Waals surface area contributed by atoms with E-state index < -0.39 is 97.5 Å². The molecule has 598 valence electrons. The SMILES string of the molecule is CC/C=C\C/C=C\C/C=C\C/C=C\CCCCCCCCC(=O)OCC(COP(=O)(O)OCC(O)COP(=O)(O)OCC(COC(=O)CCCC/C=C\C/C=C\C/C=C\C/C=C\CC)OC(=O)CCCCCCC/C=C\CCCCCCCC)OC(=O)CCCCCCC/C=C\CCCCCCCC. The Morgan fingerprint density at radius 1 is 0.279 bits per heavy atom. The Balaban J connectivity index is 5.41. The predicted octanol–water partition coefficient (Wildman–Crippen LogP) is 23.9. The summed E-state index contributed by atoms with van der Waals surface area (Å²) < 4.78 is 68.6. The van der Waals surface area contributed by atoms with Crippen molar-refractivity contribution < 1.29 is 80.2 Å². The number of esters is 4. The summed E-state index contributed by atoms with van der Waals surface area (Å²) in [4.78, 5) is 73.1. The summed E-state index contributed by atoms with van der Waals surface area (Å²) in [5.41, 5.74) is 0. The predicted molar refractivity (Wildman–Crippen MR) is 427 cm³/mol. The van der Waals surface area contributed by atoms with Crippen LogP contribution in [0.1, 0.15) is 336 Å². The lowest BCUT2D eigenvalue weighted by molar-refractivity contribution is -0.161. The lowest BCUT2D eigenvalue weighted by Crippen LogP contribution is -2.30. The molecule has 5 unspecified atom stereocenters. The van der Waals surface area contributed by atoms with Gasteiger partial charge in [-0.2, -0.15) is 0 Å². The molecule has 0 rings (SSSR count). The number of allylic oxidation sites excluding steroid dienone is 20. The highest BCUT2D eigenvalue weighted by Gasteiger charge is 2.30. The molecular weight excluding hydrogens is 1350 g/mol. The average Bonchev–Trinajstić information content (AvgIpc) is 0.918. The molecular formula is C85H146O17P2. The minimum atomic E-state index is -4.99. The Kier molecular flexibility index (Phi) is 73.3. The number of ether oxygens (including phenoxy) is 4. The molecule has 0 fully saturated rings. The molecule has 0 heterocycles. The maximum absolute atomic E-state index is 13.1. The van der Waals surface area contributed by atoms with Gasteiger partial charge >= 0.3 is 39.5 Å². The molecule has 0 aromatic carbocycles. The number of phosphoric acid groups is 2. The number of aliphatic hydroxyl groups excluding tert-OH is 1. The van der Waals surface area contributed by atoms with E-state index in [1.54, 1.807) is 0 Å². The number of carbonyl (C=O) groups is 4. The van der Waals surface area contributed by atoms with Gasteiger partial charge in [0.2, 0.25) is 0 Å². The second-order valence-corrected chi connectivity index (χ2v) is 29.8. The fourth-order valence-corrected chi connectivity index (χ4v) is 12.3. The van der Waals surface area contributed by atoms with Gasteiger partial charge in [0.05, 0.1) is 26.4 Å². The van der Waals surface area contributed by atoms with E-state index in [0.29, 0.717) is 25.7 Å². The van der Waals surface area contributed by atoms with Crippen LogP contribution in [0.2, 0.25) is 0 Å². The fraction of sp³-hybridized carbons (Fsp3) is 0.718. The van der Waals surface area contributed by atoms with E-state index in [2.05, 4.69) is 149 Å². The first-order valence-corrected chi connectivity index (χ1v) is 43.8. The van der Waals surface area contributed by atoms with Crippen LogP contribution in [0.3, 0.4) is 0 Å². The van der Waals surface area contributed by atoms with Crippen LogP contribution in [0.25, 0.3) is 0 Å². The van der Waals surface area contributed by atoms with Crippen molar-refractivity contribution in [2.45, 2.75) is 354 Å². The monoisotopic (exact) mass is 1500 g/mol. The topological polar surface area (TPSA) is 237 Å². The minimum absolute atomic E-state index is 0.0745. The minimum Gasteiger partial charge on any atom is -0.462 e. The quantitative estimate of drug-likeness (QED) is 0.0169. The number of rotatable bonds is 76. The molecule has 5 atom stereocenters. The molecule has 0 spiro atoms. The van der Waals surface area contributed by atoms with Crippen molar-refractivity contribution in [1.29, 1.82) is 0 Å². The van der Waals surface area contributed by atoms with Crippen LogP contribution in [-0.4, -0.2) is 96.7 Å². The van der Waals surface area contributed by atoms with Crippen LogP contribution in [0, 0.1) is 0 Å². The second kappa shape index (κ2) is 76.6. The van der Waals surface area contributed by atoms with Crippen LogP contribution in [0.4, 0.5) is 0 Å². The highest BCUT2D eigenvalue weighted by molar-refractivity contribution is 7.47. The molecule has 0 saturated heterocycles. The Hall–Kier alpha value is -4.54. The number of hydrogen-bond acceptors (Lipinski definition) is 15.